The minimum absolute atomic E-state index is 0.0310. The SMILES string of the molecule is Cc1nc(-c2ccccn2)sc1C(=O)N(C)C(C)c1ccncc1. The summed E-state index contributed by atoms with van der Waals surface area (Å²) in [6, 6.07) is 9.48. The lowest BCUT2D eigenvalue weighted by Crippen LogP contribution is -2.29. The van der Waals surface area contributed by atoms with Gasteiger partial charge in [-0.2, -0.15) is 0 Å². The van der Waals surface area contributed by atoms with Crippen LogP contribution in [0.2, 0.25) is 0 Å². The summed E-state index contributed by atoms with van der Waals surface area (Å²) in [6.45, 7) is 3.87. The zero-order chi connectivity index (χ0) is 17.1. The van der Waals surface area contributed by atoms with Gasteiger partial charge in [-0.1, -0.05) is 6.07 Å². The topological polar surface area (TPSA) is 59.0 Å². The summed E-state index contributed by atoms with van der Waals surface area (Å²) in [5, 5.41) is 0.765. The molecule has 24 heavy (non-hydrogen) atoms. The molecule has 1 atom stereocenters. The van der Waals surface area contributed by atoms with Gasteiger partial charge in [0.05, 0.1) is 17.4 Å². The van der Waals surface area contributed by atoms with Crippen LogP contribution < -0.4 is 0 Å². The maximum Gasteiger partial charge on any atom is 0.266 e. The standard InChI is InChI=1S/C18H18N4OS/c1-12-16(24-17(21-12)15-6-4-5-9-20-15)18(23)22(3)13(2)14-7-10-19-11-8-14/h4-11,13H,1-3H3. The second kappa shape index (κ2) is 6.88. The normalized spacial score (nSPS) is 12.0. The minimum atomic E-state index is -0.0414. The van der Waals surface area contributed by atoms with Gasteiger partial charge >= 0.3 is 0 Å². The van der Waals surface area contributed by atoms with Crippen molar-refractivity contribution in [3.8, 4) is 10.7 Å². The van der Waals surface area contributed by atoms with Crippen molar-refractivity contribution in [2.75, 3.05) is 7.05 Å². The van der Waals surface area contributed by atoms with Crippen molar-refractivity contribution in [2.24, 2.45) is 0 Å². The van der Waals surface area contributed by atoms with E-state index in [1.807, 2.05) is 51.2 Å². The van der Waals surface area contributed by atoms with Crippen molar-refractivity contribution in [1.82, 2.24) is 19.9 Å². The molecule has 0 radical (unpaired) electrons. The van der Waals surface area contributed by atoms with Crippen LogP contribution in [0.5, 0.6) is 0 Å². The average molecular weight is 338 g/mol. The number of rotatable bonds is 4. The van der Waals surface area contributed by atoms with Crippen molar-refractivity contribution in [1.29, 1.82) is 0 Å². The molecule has 3 aromatic rings. The molecule has 3 heterocycles. The Balaban J connectivity index is 1.86. The quantitative estimate of drug-likeness (QED) is 0.727. The highest BCUT2D eigenvalue weighted by atomic mass is 32.1. The minimum Gasteiger partial charge on any atom is -0.334 e. The monoisotopic (exact) mass is 338 g/mol. The van der Waals surface area contributed by atoms with Crippen LogP contribution >= 0.6 is 11.3 Å². The average Bonchev–Trinajstić information content (AvgIpc) is 3.03. The smallest absolute Gasteiger partial charge is 0.266 e. The Bertz CT molecular complexity index is 833. The van der Waals surface area contributed by atoms with E-state index in [2.05, 4.69) is 15.0 Å². The second-order valence-corrected chi connectivity index (χ2v) is 6.52. The lowest BCUT2D eigenvalue weighted by Gasteiger charge is -2.24. The van der Waals surface area contributed by atoms with Crippen LogP contribution in [0.25, 0.3) is 10.7 Å². The molecule has 0 saturated carbocycles. The maximum absolute atomic E-state index is 12.9. The van der Waals surface area contributed by atoms with E-state index in [1.165, 1.54) is 11.3 Å². The Kier molecular flexibility index (Phi) is 4.66. The third-order valence-corrected chi connectivity index (χ3v) is 5.13. The largest absolute Gasteiger partial charge is 0.334 e. The van der Waals surface area contributed by atoms with E-state index in [1.54, 1.807) is 23.5 Å². The highest BCUT2D eigenvalue weighted by Crippen LogP contribution is 2.29. The highest BCUT2D eigenvalue weighted by Gasteiger charge is 2.23. The molecule has 0 aliphatic heterocycles. The number of thiazole rings is 1. The number of amides is 1. The summed E-state index contributed by atoms with van der Waals surface area (Å²) < 4.78 is 0. The number of carbonyl (C=O) groups is 1. The van der Waals surface area contributed by atoms with Gasteiger partial charge in [-0.25, -0.2) is 4.98 Å². The highest BCUT2D eigenvalue weighted by molar-refractivity contribution is 7.17. The van der Waals surface area contributed by atoms with Gasteiger partial charge in [0.1, 0.15) is 9.88 Å². The van der Waals surface area contributed by atoms with E-state index in [-0.39, 0.29) is 11.9 Å². The number of aromatic nitrogens is 3. The fourth-order valence-corrected chi connectivity index (χ4v) is 3.42. The molecule has 0 bridgehead atoms. The third-order valence-electron chi connectivity index (χ3n) is 3.96. The molecule has 5 nitrogen and oxygen atoms in total. The fraction of sp³-hybridized carbons (Fsp3) is 0.222. The van der Waals surface area contributed by atoms with Crippen LogP contribution in [-0.4, -0.2) is 32.8 Å². The van der Waals surface area contributed by atoms with Crippen molar-refractivity contribution in [3.05, 3.63) is 65.1 Å². The molecule has 0 spiro atoms. The fourth-order valence-electron chi connectivity index (χ4n) is 2.40. The summed E-state index contributed by atoms with van der Waals surface area (Å²) >= 11 is 1.38. The molecule has 1 amide bonds. The first-order valence-corrected chi connectivity index (χ1v) is 8.45. The Hall–Kier alpha value is -2.60. The van der Waals surface area contributed by atoms with Gasteiger partial charge in [0, 0.05) is 25.6 Å². The van der Waals surface area contributed by atoms with E-state index in [9.17, 15) is 4.79 Å². The lowest BCUT2D eigenvalue weighted by atomic mass is 10.1. The van der Waals surface area contributed by atoms with Gasteiger partial charge in [-0.3, -0.25) is 14.8 Å². The summed E-state index contributed by atoms with van der Waals surface area (Å²) in [5.41, 5.74) is 2.57. The number of pyridine rings is 2. The molecule has 0 saturated heterocycles. The molecule has 0 aromatic carbocycles. The Morgan fingerprint density at radius 2 is 1.92 bits per heavy atom. The first-order valence-electron chi connectivity index (χ1n) is 7.64. The number of aryl methyl sites for hydroxylation is 1. The molecular weight excluding hydrogens is 320 g/mol. The maximum atomic E-state index is 12.9. The van der Waals surface area contributed by atoms with E-state index < -0.39 is 0 Å². The van der Waals surface area contributed by atoms with Crippen LogP contribution in [0.15, 0.2) is 48.9 Å². The molecule has 0 aliphatic carbocycles. The molecule has 1 unspecified atom stereocenters. The van der Waals surface area contributed by atoms with E-state index in [0.717, 1.165) is 22.0 Å². The number of hydrogen-bond acceptors (Lipinski definition) is 5. The molecule has 0 aliphatic rings. The zero-order valence-electron chi connectivity index (χ0n) is 13.8. The van der Waals surface area contributed by atoms with Crippen molar-refractivity contribution >= 4 is 17.2 Å². The van der Waals surface area contributed by atoms with Gasteiger partial charge in [0.15, 0.2) is 0 Å². The first kappa shape index (κ1) is 16.3. The molecular formula is C18H18N4OS. The van der Waals surface area contributed by atoms with Crippen molar-refractivity contribution < 1.29 is 4.79 Å². The van der Waals surface area contributed by atoms with E-state index in [4.69, 9.17) is 0 Å². The van der Waals surface area contributed by atoms with Crippen molar-refractivity contribution in [3.63, 3.8) is 0 Å². The van der Waals surface area contributed by atoms with E-state index in [0.29, 0.717) is 4.88 Å². The van der Waals surface area contributed by atoms with Gasteiger partial charge in [-0.15, -0.1) is 11.3 Å². The molecule has 0 N–H and O–H groups in total. The lowest BCUT2D eigenvalue weighted by molar-refractivity contribution is 0.0746. The summed E-state index contributed by atoms with van der Waals surface area (Å²) in [5.74, 6) is -0.0310. The van der Waals surface area contributed by atoms with Gasteiger partial charge in [0.25, 0.3) is 5.91 Å². The Morgan fingerprint density at radius 1 is 1.17 bits per heavy atom. The van der Waals surface area contributed by atoms with Gasteiger partial charge in [0.2, 0.25) is 0 Å². The summed E-state index contributed by atoms with van der Waals surface area (Å²) in [4.78, 5) is 28.1. The molecule has 3 aromatic heterocycles. The van der Waals surface area contributed by atoms with Crippen LogP contribution in [0.4, 0.5) is 0 Å². The van der Waals surface area contributed by atoms with Crippen LogP contribution in [0.1, 0.15) is 33.9 Å². The summed E-state index contributed by atoms with van der Waals surface area (Å²) in [7, 11) is 1.81. The predicted octanol–water partition coefficient (Wildman–Crippen LogP) is 3.74. The third kappa shape index (κ3) is 3.19. The molecule has 122 valence electrons. The predicted molar refractivity (Wildman–Crippen MR) is 94.8 cm³/mol. The van der Waals surface area contributed by atoms with Crippen LogP contribution in [0, 0.1) is 6.92 Å². The summed E-state index contributed by atoms with van der Waals surface area (Å²) in [6.07, 6.45) is 5.20. The Labute approximate surface area is 145 Å². The molecule has 0 fully saturated rings. The molecule has 3 rings (SSSR count). The Morgan fingerprint density at radius 3 is 2.58 bits per heavy atom. The number of carbonyl (C=O) groups excluding carboxylic acids is 1. The number of hydrogen-bond donors (Lipinski definition) is 0. The van der Waals surface area contributed by atoms with Gasteiger partial charge < -0.3 is 4.90 Å². The second-order valence-electron chi connectivity index (χ2n) is 5.52. The molecule has 6 heteroatoms. The number of nitrogens with zero attached hydrogens (tertiary/aromatic N) is 4. The van der Waals surface area contributed by atoms with Crippen LogP contribution in [0.3, 0.4) is 0 Å². The van der Waals surface area contributed by atoms with Gasteiger partial charge in [-0.05, 0) is 43.7 Å². The van der Waals surface area contributed by atoms with Crippen molar-refractivity contribution in [2.45, 2.75) is 19.9 Å². The first-order chi connectivity index (χ1) is 11.6. The van der Waals surface area contributed by atoms with Crippen LogP contribution in [-0.2, 0) is 0 Å². The van der Waals surface area contributed by atoms with E-state index >= 15 is 0 Å². The zero-order valence-corrected chi connectivity index (χ0v) is 14.6.